The maximum Gasteiger partial charge on any atom is 0.0612 e. The SMILES string of the molecule is CC(N)CCCNc1ccc(Cl)c(Cl)c1. The highest BCUT2D eigenvalue weighted by Gasteiger charge is 1.99. The Bertz CT molecular complexity index is 313. The van der Waals surface area contributed by atoms with Crippen LogP contribution in [0.5, 0.6) is 0 Å². The summed E-state index contributed by atoms with van der Waals surface area (Å²) < 4.78 is 0. The van der Waals surface area contributed by atoms with Gasteiger partial charge in [-0.05, 0) is 38.0 Å². The van der Waals surface area contributed by atoms with Gasteiger partial charge < -0.3 is 11.1 Å². The minimum atomic E-state index is 0.264. The van der Waals surface area contributed by atoms with E-state index in [4.69, 9.17) is 28.9 Å². The first-order chi connectivity index (χ1) is 7.09. The Labute approximate surface area is 101 Å². The minimum absolute atomic E-state index is 0.264. The predicted octanol–water partition coefficient (Wildman–Crippen LogP) is 3.53. The zero-order chi connectivity index (χ0) is 11.3. The summed E-state index contributed by atoms with van der Waals surface area (Å²) in [4.78, 5) is 0. The fraction of sp³-hybridized carbons (Fsp3) is 0.455. The van der Waals surface area contributed by atoms with Crippen LogP contribution in [0.3, 0.4) is 0 Å². The highest BCUT2D eigenvalue weighted by molar-refractivity contribution is 6.42. The van der Waals surface area contributed by atoms with Crippen molar-refractivity contribution in [2.24, 2.45) is 5.73 Å². The van der Waals surface area contributed by atoms with Gasteiger partial charge in [0, 0.05) is 18.3 Å². The molecule has 0 aliphatic heterocycles. The van der Waals surface area contributed by atoms with Gasteiger partial charge in [-0.2, -0.15) is 0 Å². The second-order valence-corrected chi connectivity index (χ2v) is 4.49. The minimum Gasteiger partial charge on any atom is -0.385 e. The summed E-state index contributed by atoms with van der Waals surface area (Å²) in [6.45, 7) is 2.92. The number of hydrogen-bond donors (Lipinski definition) is 2. The van der Waals surface area contributed by atoms with Crippen LogP contribution >= 0.6 is 23.2 Å². The van der Waals surface area contributed by atoms with Crippen molar-refractivity contribution in [1.82, 2.24) is 0 Å². The van der Waals surface area contributed by atoms with Crippen molar-refractivity contribution < 1.29 is 0 Å². The number of nitrogens with one attached hydrogen (secondary N) is 1. The molecule has 1 rings (SSSR count). The maximum absolute atomic E-state index is 5.89. The van der Waals surface area contributed by atoms with Crippen LogP contribution in [0, 0.1) is 0 Å². The van der Waals surface area contributed by atoms with Gasteiger partial charge in [-0.15, -0.1) is 0 Å². The molecule has 1 aromatic carbocycles. The smallest absolute Gasteiger partial charge is 0.0612 e. The number of benzene rings is 1. The molecule has 0 bridgehead atoms. The van der Waals surface area contributed by atoms with E-state index in [1.54, 1.807) is 6.07 Å². The summed E-state index contributed by atoms with van der Waals surface area (Å²) in [5, 5.41) is 4.43. The molecule has 0 aliphatic rings. The molecule has 0 fully saturated rings. The lowest BCUT2D eigenvalue weighted by Gasteiger charge is -2.08. The normalized spacial score (nSPS) is 12.5. The van der Waals surface area contributed by atoms with Crippen LogP contribution in [0.15, 0.2) is 18.2 Å². The van der Waals surface area contributed by atoms with Crippen LogP contribution in [-0.4, -0.2) is 12.6 Å². The third-order valence-electron chi connectivity index (χ3n) is 2.08. The molecule has 4 heteroatoms. The van der Waals surface area contributed by atoms with E-state index in [0.29, 0.717) is 10.0 Å². The molecule has 84 valence electrons. The van der Waals surface area contributed by atoms with Gasteiger partial charge >= 0.3 is 0 Å². The van der Waals surface area contributed by atoms with Crippen LogP contribution in [0.2, 0.25) is 10.0 Å². The lowest BCUT2D eigenvalue weighted by atomic mass is 10.2. The lowest BCUT2D eigenvalue weighted by molar-refractivity contribution is 0.639. The van der Waals surface area contributed by atoms with Crippen molar-refractivity contribution in [3.63, 3.8) is 0 Å². The number of rotatable bonds is 5. The average Bonchev–Trinajstić information content (AvgIpc) is 2.18. The Morgan fingerprint density at radius 2 is 2.07 bits per heavy atom. The van der Waals surface area contributed by atoms with E-state index in [9.17, 15) is 0 Å². The fourth-order valence-corrected chi connectivity index (χ4v) is 1.56. The molecule has 0 saturated heterocycles. The second-order valence-electron chi connectivity index (χ2n) is 3.68. The molecule has 0 spiro atoms. The molecule has 0 radical (unpaired) electrons. The first kappa shape index (κ1) is 12.6. The zero-order valence-corrected chi connectivity index (χ0v) is 10.3. The third kappa shape index (κ3) is 4.74. The quantitative estimate of drug-likeness (QED) is 0.781. The van der Waals surface area contributed by atoms with Gasteiger partial charge in [0.05, 0.1) is 10.0 Å². The molecule has 1 aromatic rings. The average molecular weight is 247 g/mol. The fourth-order valence-electron chi connectivity index (χ4n) is 1.26. The van der Waals surface area contributed by atoms with E-state index in [0.717, 1.165) is 25.1 Å². The van der Waals surface area contributed by atoms with Gasteiger partial charge in [-0.3, -0.25) is 0 Å². The predicted molar refractivity (Wildman–Crippen MR) is 67.8 cm³/mol. The van der Waals surface area contributed by atoms with E-state index in [2.05, 4.69) is 5.32 Å². The topological polar surface area (TPSA) is 38.0 Å². The number of hydrogen-bond acceptors (Lipinski definition) is 2. The van der Waals surface area contributed by atoms with Gasteiger partial charge in [-0.1, -0.05) is 23.2 Å². The van der Waals surface area contributed by atoms with E-state index in [1.165, 1.54) is 0 Å². The standard InChI is InChI=1S/C11H16Cl2N2/c1-8(14)3-2-6-15-9-4-5-10(12)11(13)7-9/h4-5,7-8,15H,2-3,6,14H2,1H3. The van der Waals surface area contributed by atoms with Crippen molar-refractivity contribution in [2.45, 2.75) is 25.8 Å². The van der Waals surface area contributed by atoms with Gasteiger partial charge in [0.2, 0.25) is 0 Å². The van der Waals surface area contributed by atoms with Crippen molar-refractivity contribution in [2.75, 3.05) is 11.9 Å². The molecule has 0 heterocycles. The summed E-state index contributed by atoms with van der Waals surface area (Å²) in [6.07, 6.45) is 2.08. The Balaban J connectivity index is 2.35. The molecule has 3 N–H and O–H groups in total. The zero-order valence-electron chi connectivity index (χ0n) is 8.76. The molecule has 1 atom stereocenters. The van der Waals surface area contributed by atoms with E-state index < -0.39 is 0 Å². The van der Waals surface area contributed by atoms with Crippen LogP contribution < -0.4 is 11.1 Å². The van der Waals surface area contributed by atoms with Gasteiger partial charge in [0.25, 0.3) is 0 Å². The Kier molecular flexibility index (Phi) is 5.23. The van der Waals surface area contributed by atoms with Gasteiger partial charge in [-0.25, -0.2) is 0 Å². The summed E-state index contributed by atoms with van der Waals surface area (Å²) in [7, 11) is 0. The number of halogens is 2. The molecular formula is C11H16Cl2N2. The van der Waals surface area contributed by atoms with E-state index in [1.807, 2.05) is 19.1 Å². The Morgan fingerprint density at radius 1 is 1.33 bits per heavy atom. The molecule has 0 amide bonds. The van der Waals surface area contributed by atoms with Gasteiger partial charge in [0.15, 0.2) is 0 Å². The summed E-state index contributed by atoms with van der Waals surface area (Å²) >= 11 is 11.7. The highest BCUT2D eigenvalue weighted by Crippen LogP contribution is 2.24. The summed E-state index contributed by atoms with van der Waals surface area (Å²) in [5.74, 6) is 0. The van der Waals surface area contributed by atoms with Crippen LogP contribution in [0.1, 0.15) is 19.8 Å². The van der Waals surface area contributed by atoms with Gasteiger partial charge in [0.1, 0.15) is 0 Å². The summed E-state index contributed by atoms with van der Waals surface area (Å²) in [6, 6.07) is 5.80. The second kappa shape index (κ2) is 6.21. The molecular weight excluding hydrogens is 231 g/mol. The lowest BCUT2D eigenvalue weighted by Crippen LogP contribution is -2.16. The van der Waals surface area contributed by atoms with Crippen molar-refractivity contribution in [1.29, 1.82) is 0 Å². The molecule has 15 heavy (non-hydrogen) atoms. The highest BCUT2D eigenvalue weighted by atomic mass is 35.5. The van der Waals surface area contributed by atoms with Crippen LogP contribution in [-0.2, 0) is 0 Å². The largest absolute Gasteiger partial charge is 0.385 e. The number of anilines is 1. The molecule has 2 nitrogen and oxygen atoms in total. The first-order valence-electron chi connectivity index (χ1n) is 5.04. The molecule has 0 saturated carbocycles. The first-order valence-corrected chi connectivity index (χ1v) is 5.79. The Hall–Kier alpha value is -0.440. The van der Waals surface area contributed by atoms with E-state index in [-0.39, 0.29) is 6.04 Å². The van der Waals surface area contributed by atoms with Crippen molar-refractivity contribution >= 4 is 28.9 Å². The monoisotopic (exact) mass is 246 g/mol. The third-order valence-corrected chi connectivity index (χ3v) is 2.82. The van der Waals surface area contributed by atoms with Crippen molar-refractivity contribution in [3.8, 4) is 0 Å². The van der Waals surface area contributed by atoms with Crippen LogP contribution in [0.25, 0.3) is 0 Å². The van der Waals surface area contributed by atoms with Crippen molar-refractivity contribution in [3.05, 3.63) is 28.2 Å². The molecule has 0 aliphatic carbocycles. The van der Waals surface area contributed by atoms with Crippen LogP contribution in [0.4, 0.5) is 5.69 Å². The summed E-state index contributed by atoms with van der Waals surface area (Å²) in [5.41, 5.74) is 6.64. The maximum atomic E-state index is 5.89. The van der Waals surface area contributed by atoms with E-state index >= 15 is 0 Å². The Morgan fingerprint density at radius 3 is 2.67 bits per heavy atom. The molecule has 0 aromatic heterocycles. The molecule has 1 unspecified atom stereocenters. The number of nitrogens with two attached hydrogens (primary N) is 1.